The lowest BCUT2D eigenvalue weighted by molar-refractivity contribution is -0.277. The fourth-order valence-electron chi connectivity index (χ4n) is 6.12. The molecule has 1 saturated heterocycles. The summed E-state index contributed by atoms with van der Waals surface area (Å²) in [6, 6.07) is 8.49. The molecule has 2 aromatic carbocycles. The summed E-state index contributed by atoms with van der Waals surface area (Å²) in [6.07, 6.45) is -10.4. The molecule has 48 heavy (non-hydrogen) atoms. The van der Waals surface area contributed by atoms with E-state index >= 15 is 0 Å². The number of fused-ring (bicyclic) bond motifs is 1. The van der Waals surface area contributed by atoms with Crippen molar-refractivity contribution in [3.63, 3.8) is 0 Å². The number of benzene rings is 2. The highest BCUT2D eigenvalue weighted by atomic mass is 16.7. The molecule has 2 heterocycles. The van der Waals surface area contributed by atoms with Gasteiger partial charge in [-0.05, 0) is 48.2 Å². The highest BCUT2D eigenvalue weighted by molar-refractivity contribution is 5.89. The monoisotopic (exact) mass is 678 g/mol. The van der Waals surface area contributed by atoms with Crippen molar-refractivity contribution in [2.24, 2.45) is 0 Å². The molecule has 264 valence electrons. The van der Waals surface area contributed by atoms with Crippen LogP contribution in [-0.2, 0) is 20.7 Å². The normalized spacial score (nSPS) is 31.3. The zero-order chi connectivity index (χ0) is 34.7. The first kappa shape index (κ1) is 35.8. The van der Waals surface area contributed by atoms with Crippen molar-refractivity contribution in [1.29, 1.82) is 0 Å². The minimum Gasteiger partial charge on any atom is -0.493 e. The van der Waals surface area contributed by atoms with Crippen molar-refractivity contribution in [3.05, 3.63) is 58.7 Å². The molecule has 0 bridgehead atoms. The lowest BCUT2D eigenvalue weighted by Gasteiger charge is -2.39. The zero-order valence-electron chi connectivity index (χ0n) is 26.4. The van der Waals surface area contributed by atoms with Gasteiger partial charge in [0.15, 0.2) is 23.0 Å². The van der Waals surface area contributed by atoms with Crippen molar-refractivity contribution >= 4 is 5.97 Å². The second-order valence-corrected chi connectivity index (χ2v) is 12.0. The van der Waals surface area contributed by atoms with Crippen LogP contribution >= 0.6 is 0 Å². The van der Waals surface area contributed by atoms with E-state index in [0.717, 1.165) is 11.6 Å². The molecule has 10 atom stereocenters. The summed E-state index contributed by atoms with van der Waals surface area (Å²) in [5.74, 6) is -0.234. The first-order valence-electron chi connectivity index (χ1n) is 15.6. The largest absolute Gasteiger partial charge is 0.493 e. The molecule has 3 aliphatic rings. The molecule has 1 fully saturated rings. The molecule has 15 nitrogen and oxygen atoms in total. The molecule has 1 aliphatic carbocycles. The van der Waals surface area contributed by atoms with E-state index in [1.165, 1.54) is 20.3 Å². The van der Waals surface area contributed by atoms with Crippen LogP contribution in [0.3, 0.4) is 0 Å². The van der Waals surface area contributed by atoms with Crippen LogP contribution in [0.1, 0.15) is 41.6 Å². The predicted octanol–water partition coefficient (Wildman–Crippen LogP) is -1.02. The van der Waals surface area contributed by atoms with Crippen LogP contribution in [0, 0.1) is 0 Å². The van der Waals surface area contributed by atoms with E-state index in [2.05, 4.69) is 0 Å². The van der Waals surface area contributed by atoms with Crippen LogP contribution in [0.25, 0.3) is 0 Å². The van der Waals surface area contributed by atoms with Crippen molar-refractivity contribution in [1.82, 2.24) is 0 Å². The van der Waals surface area contributed by atoms with Crippen LogP contribution in [0.5, 0.6) is 23.0 Å². The van der Waals surface area contributed by atoms with Gasteiger partial charge in [0.25, 0.3) is 0 Å². The second kappa shape index (κ2) is 15.4. The smallest absolute Gasteiger partial charge is 0.333 e. The maximum Gasteiger partial charge on any atom is 0.333 e. The third kappa shape index (κ3) is 7.24. The zero-order valence-corrected chi connectivity index (χ0v) is 26.4. The molecule has 0 unspecified atom stereocenters. The van der Waals surface area contributed by atoms with Crippen LogP contribution in [0.2, 0.25) is 0 Å². The van der Waals surface area contributed by atoms with E-state index in [1.54, 1.807) is 18.2 Å². The fourth-order valence-corrected chi connectivity index (χ4v) is 6.12. The summed E-state index contributed by atoms with van der Waals surface area (Å²) in [4.78, 5) is 13.1. The molecular formula is C33H42O15. The Bertz CT molecular complexity index is 1460. The van der Waals surface area contributed by atoms with Gasteiger partial charge in [0, 0.05) is 24.2 Å². The first-order chi connectivity index (χ1) is 23.0. The number of carbonyl (C=O) groups excluding carboxylic acids is 1. The summed E-state index contributed by atoms with van der Waals surface area (Å²) in [6.45, 7) is -0.836. The fraction of sp³-hybridized carbons (Fsp3) is 0.545. The van der Waals surface area contributed by atoms with Gasteiger partial charge in [-0.2, -0.15) is 0 Å². The number of aliphatic hydroxyl groups is 8. The highest BCUT2D eigenvalue weighted by Crippen LogP contribution is 2.52. The van der Waals surface area contributed by atoms with Gasteiger partial charge in [-0.1, -0.05) is 12.1 Å². The highest BCUT2D eigenvalue weighted by Gasteiger charge is 2.45. The SMILES string of the molecule is COc1cc([C@@H]2Oc3c(OC)cc(CCCO)cc3[C@H]2COC(=O)C2=C[C@@H](O)[C@@H](O)[C@H](O)C2)ccc1O[C@@H]1O[C@H](CO)[C@@H](O)[C@H](O)[C@H]1O. The molecule has 0 radical (unpaired) electrons. The predicted molar refractivity (Wildman–Crippen MR) is 164 cm³/mol. The van der Waals surface area contributed by atoms with Crippen LogP contribution in [-0.4, -0.2) is 130 Å². The number of ether oxygens (including phenoxy) is 6. The van der Waals surface area contributed by atoms with Crippen molar-refractivity contribution in [3.8, 4) is 23.0 Å². The van der Waals surface area contributed by atoms with Crippen molar-refractivity contribution in [2.75, 3.05) is 34.0 Å². The third-order valence-electron chi connectivity index (χ3n) is 8.81. The summed E-state index contributed by atoms with van der Waals surface area (Å²) in [5.41, 5.74) is 2.11. The van der Waals surface area contributed by atoms with Gasteiger partial charge in [-0.3, -0.25) is 0 Å². The van der Waals surface area contributed by atoms with Crippen molar-refractivity contribution in [2.45, 2.75) is 80.3 Å². The maximum absolute atomic E-state index is 13.1. The average Bonchev–Trinajstić information content (AvgIpc) is 3.46. The maximum atomic E-state index is 13.1. The van der Waals surface area contributed by atoms with Gasteiger partial charge in [0.1, 0.15) is 49.3 Å². The summed E-state index contributed by atoms with van der Waals surface area (Å²) >= 11 is 0. The molecule has 2 aromatic rings. The Hall–Kier alpha value is -3.51. The average molecular weight is 679 g/mol. The van der Waals surface area contributed by atoms with Crippen LogP contribution in [0.4, 0.5) is 0 Å². The Kier molecular flexibility index (Phi) is 11.5. The molecule has 5 rings (SSSR count). The number of hydrogen-bond acceptors (Lipinski definition) is 15. The minimum atomic E-state index is -1.64. The van der Waals surface area contributed by atoms with Gasteiger partial charge in [-0.25, -0.2) is 4.79 Å². The standard InChI is InChI=1S/C33H42O15/c1-43-23-12-16(5-6-22(23)46-33-29(41)28(40)27(39)25(13-35)47-33)30-19(14-45-32(42)17-10-20(36)26(38)21(37)11-17)18-8-15(4-3-7-34)9-24(44-2)31(18)48-30/h5-6,8-10,12,19-21,25-30,33-41H,3-4,7,11,13-14H2,1-2H3/t19-,20-,21-,25-,26-,27-,28+,29-,30+,33-/m1/s1. The quantitative estimate of drug-likeness (QED) is 0.126. The second-order valence-electron chi connectivity index (χ2n) is 12.0. The number of esters is 1. The third-order valence-corrected chi connectivity index (χ3v) is 8.81. The molecule has 0 amide bonds. The van der Waals surface area contributed by atoms with Crippen LogP contribution < -0.4 is 18.9 Å². The van der Waals surface area contributed by atoms with Crippen molar-refractivity contribution < 1.29 is 74.1 Å². The summed E-state index contributed by atoms with van der Waals surface area (Å²) in [7, 11) is 2.88. The summed E-state index contributed by atoms with van der Waals surface area (Å²) < 4.78 is 34.6. The number of aryl methyl sites for hydroxylation is 1. The number of rotatable bonds is 12. The molecule has 0 spiro atoms. The Morgan fingerprint density at radius 2 is 1.65 bits per heavy atom. The molecule has 15 heteroatoms. The Labute approximate surface area is 276 Å². The molecule has 8 N–H and O–H groups in total. The Morgan fingerprint density at radius 1 is 0.896 bits per heavy atom. The van der Waals surface area contributed by atoms with E-state index in [9.17, 15) is 45.6 Å². The van der Waals surface area contributed by atoms with Crippen LogP contribution in [0.15, 0.2) is 42.0 Å². The number of carbonyl (C=O) groups is 1. The van der Waals surface area contributed by atoms with Gasteiger partial charge in [0.05, 0.1) is 32.8 Å². The van der Waals surface area contributed by atoms with E-state index < -0.39 is 73.6 Å². The van der Waals surface area contributed by atoms with E-state index in [0.29, 0.717) is 35.5 Å². The minimum absolute atomic E-state index is 0.0154. The first-order valence-corrected chi connectivity index (χ1v) is 15.6. The molecule has 0 aromatic heterocycles. The summed E-state index contributed by atoms with van der Waals surface area (Å²) in [5, 5.41) is 79.7. The van der Waals surface area contributed by atoms with Gasteiger partial charge < -0.3 is 69.3 Å². The van der Waals surface area contributed by atoms with Gasteiger partial charge in [0.2, 0.25) is 6.29 Å². The topological polar surface area (TPSA) is 234 Å². The lowest BCUT2D eigenvalue weighted by Crippen LogP contribution is -2.60. The van der Waals surface area contributed by atoms with E-state index in [4.69, 9.17) is 28.4 Å². The molecule has 2 aliphatic heterocycles. The lowest BCUT2D eigenvalue weighted by atomic mass is 9.89. The molecular weight excluding hydrogens is 636 g/mol. The number of aliphatic hydroxyl groups excluding tert-OH is 8. The Balaban J connectivity index is 1.44. The molecule has 0 saturated carbocycles. The van der Waals surface area contributed by atoms with Gasteiger partial charge in [-0.15, -0.1) is 0 Å². The van der Waals surface area contributed by atoms with E-state index in [1.807, 2.05) is 6.07 Å². The van der Waals surface area contributed by atoms with E-state index in [-0.39, 0.29) is 36.7 Å². The number of hydrogen-bond donors (Lipinski definition) is 8. The van der Waals surface area contributed by atoms with Gasteiger partial charge >= 0.3 is 5.97 Å². The number of methoxy groups -OCH3 is 2. The Morgan fingerprint density at radius 3 is 2.31 bits per heavy atom.